The van der Waals surface area contributed by atoms with Gasteiger partial charge in [0.1, 0.15) is 11.9 Å². The minimum absolute atomic E-state index is 0.0100. The zero-order valence-corrected chi connectivity index (χ0v) is 36.0. The molecular weight excluding hydrogens is 757 g/mol. The van der Waals surface area contributed by atoms with Crippen molar-refractivity contribution in [1.29, 1.82) is 0 Å². The van der Waals surface area contributed by atoms with Crippen molar-refractivity contribution in [2.24, 2.45) is 34.6 Å². The fourth-order valence-electron chi connectivity index (χ4n) is 9.07. The van der Waals surface area contributed by atoms with Crippen LogP contribution in [0.5, 0.6) is 0 Å². The summed E-state index contributed by atoms with van der Waals surface area (Å²) in [6.07, 6.45) is 5.56. The molecule has 4 aromatic rings. The smallest absolute Gasteiger partial charge is 0.407 e. The van der Waals surface area contributed by atoms with E-state index in [1.54, 1.807) is 0 Å². The van der Waals surface area contributed by atoms with Gasteiger partial charge in [0.15, 0.2) is 0 Å². The zero-order valence-electron chi connectivity index (χ0n) is 36.0. The van der Waals surface area contributed by atoms with E-state index in [9.17, 15) is 19.2 Å². The highest BCUT2D eigenvalue weighted by molar-refractivity contribution is 6.03. The van der Waals surface area contributed by atoms with Crippen LogP contribution in [0.15, 0.2) is 78.1 Å². The average molecular weight is 815 g/mol. The molecule has 4 heterocycles. The van der Waals surface area contributed by atoms with Crippen LogP contribution in [0.3, 0.4) is 0 Å². The van der Waals surface area contributed by atoms with E-state index in [4.69, 9.17) is 19.5 Å². The quantitative estimate of drug-likeness (QED) is 0.137. The summed E-state index contributed by atoms with van der Waals surface area (Å²) in [4.78, 5) is 68.6. The monoisotopic (exact) mass is 814 g/mol. The minimum atomic E-state index is -0.696. The van der Waals surface area contributed by atoms with Gasteiger partial charge in [0, 0.05) is 37.0 Å². The van der Waals surface area contributed by atoms with E-state index >= 15 is 0 Å². The number of hydrogen-bond donors (Lipinski definition) is 2. The SMILES string of the molecule is COC(=O)C[C@H](C(=O)N1C[C@@H](C)C[C@H]1C1=NC=C(c2ccc(-c3ccc4cc(-c5cnc([C@@H]6C[C@H](C)CN6C(=O)[C@@H](NC(=O)OC)C(C)C)[nH]5)ccc4c3)cc2)C1)C(C)C. The lowest BCUT2D eigenvalue weighted by Gasteiger charge is -2.30. The summed E-state index contributed by atoms with van der Waals surface area (Å²) in [6, 6.07) is 20.4. The van der Waals surface area contributed by atoms with E-state index in [1.807, 2.05) is 49.9 Å². The van der Waals surface area contributed by atoms with Gasteiger partial charge in [0.05, 0.1) is 50.5 Å². The van der Waals surface area contributed by atoms with E-state index in [2.05, 4.69) is 84.8 Å². The molecule has 1 aromatic heterocycles. The molecule has 0 bridgehead atoms. The highest BCUT2D eigenvalue weighted by Gasteiger charge is 2.42. The van der Waals surface area contributed by atoms with E-state index in [0.717, 1.165) is 68.7 Å². The number of allylic oxidation sites excluding steroid dienone is 1. The van der Waals surface area contributed by atoms with E-state index in [0.29, 0.717) is 25.4 Å². The molecule has 2 N–H and O–H groups in total. The number of fused-ring (bicyclic) bond motifs is 1. The third kappa shape index (κ3) is 8.88. The molecule has 2 fully saturated rings. The van der Waals surface area contributed by atoms with Crippen molar-refractivity contribution >= 4 is 45.9 Å². The third-order valence-corrected chi connectivity index (χ3v) is 12.5. The summed E-state index contributed by atoms with van der Waals surface area (Å²) in [7, 11) is 2.66. The number of alkyl carbamates (subject to hydrolysis) is 1. The van der Waals surface area contributed by atoms with Gasteiger partial charge in [0.2, 0.25) is 11.8 Å². The van der Waals surface area contributed by atoms with Gasteiger partial charge in [-0.2, -0.15) is 0 Å². The van der Waals surface area contributed by atoms with Crippen LogP contribution >= 0.6 is 0 Å². The van der Waals surface area contributed by atoms with Gasteiger partial charge in [-0.1, -0.05) is 90.1 Å². The number of aromatic amines is 1. The van der Waals surface area contributed by atoms with Crippen molar-refractivity contribution in [1.82, 2.24) is 25.1 Å². The van der Waals surface area contributed by atoms with Crippen LogP contribution in [-0.4, -0.2) is 88.7 Å². The Morgan fingerprint density at radius 1 is 0.767 bits per heavy atom. The molecule has 3 aliphatic rings. The molecule has 3 aliphatic heterocycles. The standard InChI is InChI=1S/C48H58N6O6/c1-27(2)38(22-43(55)59-7)46(56)53-25-29(5)17-41(53)39-21-37(23-49-39)32-11-9-31(10-12-32)33-13-14-35-20-36(16-15-34(35)19-33)40-24-50-45(51-40)42-18-30(6)26-54(42)47(57)44(28(3)4)52-48(58)60-8/h9-16,19-20,23-24,27-30,38,41-42,44H,17-18,21-22,25-26H2,1-8H3,(H,50,51)(H,52,58)/t29-,30-,38-,41-,42-,44-/m0/s1. The van der Waals surface area contributed by atoms with Crippen molar-refractivity contribution in [2.45, 2.75) is 85.4 Å². The van der Waals surface area contributed by atoms with Gasteiger partial charge in [-0.15, -0.1) is 0 Å². The molecule has 0 unspecified atom stereocenters. The Kier molecular flexibility index (Phi) is 12.6. The Hall–Kier alpha value is -5.78. The number of benzene rings is 3. The fraction of sp³-hybridized carbons (Fsp3) is 0.458. The molecule has 0 saturated carbocycles. The van der Waals surface area contributed by atoms with E-state index in [-0.39, 0.29) is 54.0 Å². The molecule has 7 rings (SSSR count). The number of ether oxygens (including phenoxy) is 2. The number of rotatable bonds is 12. The number of methoxy groups -OCH3 is 2. The highest BCUT2D eigenvalue weighted by Crippen LogP contribution is 2.38. The number of H-pyrrole nitrogens is 1. The van der Waals surface area contributed by atoms with Gasteiger partial charge >= 0.3 is 12.1 Å². The van der Waals surface area contributed by atoms with Crippen LogP contribution in [0.1, 0.15) is 84.7 Å². The first-order chi connectivity index (χ1) is 28.7. The Bertz CT molecular complexity index is 2310. The maximum Gasteiger partial charge on any atom is 0.407 e. The molecule has 2 saturated heterocycles. The van der Waals surface area contributed by atoms with Crippen LogP contribution < -0.4 is 5.32 Å². The largest absolute Gasteiger partial charge is 0.469 e. The first kappa shape index (κ1) is 42.3. The average Bonchev–Trinajstić information content (AvgIpc) is 4.07. The van der Waals surface area contributed by atoms with Gasteiger partial charge in [-0.3, -0.25) is 19.4 Å². The van der Waals surface area contributed by atoms with E-state index in [1.165, 1.54) is 14.2 Å². The van der Waals surface area contributed by atoms with Crippen LogP contribution in [0.4, 0.5) is 4.79 Å². The Balaban J connectivity index is 1.01. The summed E-state index contributed by atoms with van der Waals surface area (Å²) in [6.45, 7) is 13.3. The third-order valence-electron chi connectivity index (χ3n) is 12.5. The fourth-order valence-corrected chi connectivity index (χ4v) is 9.07. The lowest BCUT2D eigenvalue weighted by Crippen LogP contribution is -2.51. The zero-order chi connectivity index (χ0) is 42.8. The van der Waals surface area contributed by atoms with Crippen LogP contribution in [0, 0.1) is 29.6 Å². The summed E-state index contributed by atoms with van der Waals surface area (Å²) in [5.41, 5.74) is 7.34. The predicted octanol–water partition coefficient (Wildman–Crippen LogP) is 8.44. The number of carbonyl (C=O) groups is 4. The topological polar surface area (TPSA) is 146 Å². The molecule has 3 amide bonds. The highest BCUT2D eigenvalue weighted by atomic mass is 16.5. The van der Waals surface area contributed by atoms with Crippen LogP contribution in [0.2, 0.25) is 0 Å². The van der Waals surface area contributed by atoms with Crippen LogP contribution in [-0.2, 0) is 23.9 Å². The first-order valence-electron chi connectivity index (χ1n) is 21.2. The summed E-state index contributed by atoms with van der Waals surface area (Å²) >= 11 is 0. The number of nitrogens with zero attached hydrogens (tertiary/aromatic N) is 4. The molecule has 12 nitrogen and oxygen atoms in total. The predicted molar refractivity (Wildman–Crippen MR) is 234 cm³/mol. The molecular formula is C48H58N6O6. The number of esters is 1. The summed E-state index contributed by atoms with van der Waals surface area (Å²) < 4.78 is 9.70. The number of aromatic nitrogens is 2. The number of nitrogens with one attached hydrogen (secondary N) is 2. The molecule has 60 heavy (non-hydrogen) atoms. The number of carbonyl (C=O) groups excluding carboxylic acids is 4. The first-order valence-corrected chi connectivity index (χ1v) is 21.2. The number of amides is 3. The molecule has 316 valence electrons. The maximum atomic E-state index is 13.8. The lowest BCUT2D eigenvalue weighted by atomic mass is 9.90. The van der Waals surface area contributed by atoms with E-state index < -0.39 is 18.1 Å². The second kappa shape index (κ2) is 17.8. The molecule has 0 spiro atoms. The molecule has 0 radical (unpaired) electrons. The van der Waals surface area contributed by atoms with Gasteiger partial charge in [0.25, 0.3) is 0 Å². The van der Waals surface area contributed by atoms with Crippen LogP contribution in [0.25, 0.3) is 38.7 Å². The second-order valence-corrected chi connectivity index (χ2v) is 17.7. The normalized spacial score (nSPS) is 21.3. The van der Waals surface area contributed by atoms with Gasteiger partial charge in [-0.05, 0) is 81.7 Å². The maximum absolute atomic E-state index is 13.8. The van der Waals surface area contributed by atoms with Crippen molar-refractivity contribution < 1.29 is 28.7 Å². The van der Waals surface area contributed by atoms with Gasteiger partial charge < -0.3 is 29.6 Å². The Labute approximate surface area is 352 Å². The van der Waals surface area contributed by atoms with Gasteiger partial charge in [-0.25, -0.2) is 9.78 Å². The van der Waals surface area contributed by atoms with Crippen molar-refractivity contribution in [3.05, 3.63) is 84.4 Å². The molecule has 6 atom stereocenters. The second-order valence-electron chi connectivity index (χ2n) is 17.7. The summed E-state index contributed by atoms with van der Waals surface area (Å²) in [5, 5.41) is 4.94. The van der Waals surface area contributed by atoms with Crippen molar-refractivity contribution in [3.63, 3.8) is 0 Å². The number of imidazole rings is 1. The summed E-state index contributed by atoms with van der Waals surface area (Å²) in [5.74, 6) is 0.364. The number of likely N-dealkylation sites (tertiary alicyclic amines) is 2. The molecule has 0 aliphatic carbocycles. The Morgan fingerprint density at radius 2 is 1.37 bits per heavy atom. The van der Waals surface area contributed by atoms with Crippen molar-refractivity contribution in [3.8, 4) is 22.4 Å². The molecule has 12 heteroatoms. The molecule has 3 aromatic carbocycles. The minimum Gasteiger partial charge on any atom is -0.469 e. The lowest BCUT2D eigenvalue weighted by molar-refractivity contribution is -0.148. The number of aliphatic imine (C=N–C) groups is 1. The number of hydrogen-bond acceptors (Lipinski definition) is 8. The Morgan fingerprint density at radius 3 is 2.00 bits per heavy atom. The van der Waals surface area contributed by atoms with Crippen molar-refractivity contribution in [2.75, 3.05) is 27.3 Å².